The molecule has 0 radical (unpaired) electrons. The number of ether oxygens (including phenoxy) is 3. The lowest BCUT2D eigenvalue weighted by molar-refractivity contribution is -0.136. The van der Waals surface area contributed by atoms with Gasteiger partial charge in [-0.1, -0.05) is 12.1 Å². The second-order valence-corrected chi connectivity index (χ2v) is 7.49. The van der Waals surface area contributed by atoms with Crippen molar-refractivity contribution in [1.82, 2.24) is 15.5 Å². The van der Waals surface area contributed by atoms with Gasteiger partial charge in [-0.15, -0.1) is 0 Å². The van der Waals surface area contributed by atoms with Gasteiger partial charge in [-0.05, 0) is 30.5 Å². The maximum absolute atomic E-state index is 12.7. The van der Waals surface area contributed by atoms with Crippen LogP contribution in [0.15, 0.2) is 18.2 Å². The third-order valence-electron chi connectivity index (χ3n) is 5.14. The molecule has 1 fully saturated rings. The number of imide groups is 1. The number of piperidine rings is 1. The molecule has 4 amide bonds. The number of hydrogen-bond donors (Lipinski definition) is 3. The molecule has 2 unspecified atom stereocenters. The van der Waals surface area contributed by atoms with E-state index in [1.165, 1.54) is 4.90 Å². The highest BCUT2D eigenvalue weighted by Crippen LogP contribution is 2.28. The molecule has 0 bridgehead atoms. The molecule has 174 valence electrons. The zero-order valence-electron chi connectivity index (χ0n) is 17.9. The monoisotopic (exact) mass is 448 g/mol. The summed E-state index contributed by atoms with van der Waals surface area (Å²) >= 11 is 0. The van der Waals surface area contributed by atoms with Crippen molar-refractivity contribution in [3.63, 3.8) is 0 Å². The molecule has 2 aliphatic rings. The smallest absolute Gasteiger partial charge is 0.409 e. The highest BCUT2D eigenvalue weighted by atomic mass is 16.7. The fourth-order valence-corrected chi connectivity index (χ4v) is 3.60. The van der Waals surface area contributed by atoms with Crippen molar-refractivity contribution in [2.75, 3.05) is 26.4 Å². The maximum Gasteiger partial charge on any atom is 0.409 e. The van der Waals surface area contributed by atoms with Gasteiger partial charge in [0.1, 0.15) is 6.04 Å². The summed E-state index contributed by atoms with van der Waals surface area (Å²) in [5.74, 6) is -1.01. The van der Waals surface area contributed by atoms with Gasteiger partial charge < -0.3 is 30.2 Å². The van der Waals surface area contributed by atoms with Crippen LogP contribution in [0.1, 0.15) is 41.3 Å². The van der Waals surface area contributed by atoms with Crippen molar-refractivity contribution < 1.29 is 33.4 Å². The van der Waals surface area contributed by atoms with Crippen molar-refractivity contribution in [2.24, 2.45) is 5.73 Å². The van der Waals surface area contributed by atoms with E-state index in [0.29, 0.717) is 31.7 Å². The number of alkyl carbamates (subject to hydrolysis) is 1. The van der Waals surface area contributed by atoms with Crippen LogP contribution in [0.25, 0.3) is 0 Å². The molecule has 2 heterocycles. The predicted molar refractivity (Wildman–Crippen MR) is 111 cm³/mol. The summed E-state index contributed by atoms with van der Waals surface area (Å²) in [7, 11) is 0. The highest BCUT2D eigenvalue weighted by molar-refractivity contribution is 6.05. The molecule has 11 heteroatoms. The molecule has 1 aromatic carbocycles. The molecule has 0 spiro atoms. The summed E-state index contributed by atoms with van der Waals surface area (Å²) in [5, 5.41) is 4.92. The van der Waals surface area contributed by atoms with E-state index in [1.54, 1.807) is 19.1 Å². The Kier molecular flexibility index (Phi) is 8.14. The second-order valence-electron chi connectivity index (χ2n) is 7.49. The molecule has 1 saturated heterocycles. The minimum atomic E-state index is -0.740. The summed E-state index contributed by atoms with van der Waals surface area (Å²) < 4.78 is 15.6. The molecule has 0 aliphatic carbocycles. The van der Waals surface area contributed by atoms with Crippen LogP contribution in [-0.4, -0.2) is 67.4 Å². The normalized spacial score (nSPS) is 18.9. The predicted octanol–water partition coefficient (Wildman–Crippen LogP) is 0.0117. The number of nitrogens with two attached hydrogens (primary N) is 1. The summed E-state index contributed by atoms with van der Waals surface area (Å²) in [6.07, 6.45) is -0.862. The van der Waals surface area contributed by atoms with Crippen LogP contribution in [0.4, 0.5) is 4.79 Å². The quantitative estimate of drug-likeness (QED) is 0.257. The van der Waals surface area contributed by atoms with Crippen LogP contribution in [0.5, 0.6) is 0 Å². The number of rotatable bonds is 10. The Morgan fingerprint density at radius 3 is 2.84 bits per heavy atom. The number of fused-ring (bicyclic) bond motifs is 1. The lowest BCUT2D eigenvalue weighted by atomic mass is 10.0. The van der Waals surface area contributed by atoms with E-state index in [2.05, 4.69) is 10.6 Å². The number of hydrogen-bond acceptors (Lipinski definition) is 8. The molecule has 32 heavy (non-hydrogen) atoms. The van der Waals surface area contributed by atoms with Crippen LogP contribution < -0.4 is 16.4 Å². The van der Waals surface area contributed by atoms with Crippen LogP contribution in [0.3, 0.4) is 0 Å². The first kappa shape index (κ1) is 23.6. The summed E-state index contributed by atoms with van der Waals surface area (Å²) in [4.78, 5) is 49.7. The minimum Gasteiger partial charge on any atom is -0.420 e. The Morgan fingerprint density at radius 2 is 2.09 bits per heavy atom. The zero-order chi connectivity index (χ0) is 23.1. The zero-order valence-corrected chi connectivity index (χ0v) is 17.9. The third-order valence-corrected chi connectivity index (χ3v) is 5.14. The lowest BCUT2D eigenvalue weighted by Crippen LogP contribution is -2.52. The third kappa shape index (κ3) is 6.02. The highest BCUT2D eigenvalue weighted by Gasteiger charge is 2.39. The van der Waals surface area contributed by atoms with Gasteiger partial charge >= 0.3 is 6.09 Å². The van der Waals surface area contributed by atoms with Crippen molar-refractivity contribution >= 4 is 23.8 Å². The van der Waals surface area contributed by atoms with E-state index >= 15 is 0 Å². The lowest BCUT2D eigenvalue weighted by Gasteiger charge is -2.29. The largest absolute Gasteiger partial charge is 0.420 e. The van der Waals surface area contributed by atoms with E-state index in [-0.39, 0.29) is 37.9 Å². The summed E-state index contributed by atoms with van der Waals surface area (Å²) in [6, 6.07) is 4.57. The topological polar surface area (TPSA) is 149 Å². The number of nitrogens with one attached hydrogen (secondary N) is 2. The summed E-state index contributed by atoms with van der Waals surface area (Å²) in [5.41, 5.74) is 7.37. The molecular weight excluding hydrogens is 420 g/mol. The first-order chi connectivity index (χ1) is 15.4. The number of carbonyl (C=O) groups excluding carboxylic acids is 4. The van der Waals surface area contributed by atoms with Crippen molar-refractivity contribution in [1.29, 1.82) is 0 Å². The van der Waals surface area contributed by atoms with Gasteiger partial charge in [0.2, 0.25) is 18.1 Å². The van der Waals surface area contributed by atoms with E-state index in [1.807, 2.05) is 6.07 Å². The number of benzene rings is 1. The number of amides is 4. The fourth-order valence-electron chi connectivity index (χ4n) is 3.60. The average Bonchev–Trinajstić information content (AvgIpc) is 3.07. The molecule has 2 aliphatic heterocycles. The molecule has 11 nitrogen and oxygen atoms in total. The summed E-state index contributed by atoms with van der Waals surface area (Å²) in [6.45, 7) is 3.58. The van der Waals surface area contributed by atoms with E-state index in [0.717, 1.165) is 11.1 Å². The molecular formula is C21H28N4O7. The molecule has 0 aromatic heterocycles. The molecule has 0 saturated carbocycles. The standard InChI is InChI=1S/C21H28N4O7/c1-13(31-9-8-30-7-6-22)32-21(29)23-11-14-2-3-16-15(10-14)12-25(20(16)28)17-4-5-18(26)24-19(17)27/h2-3,10,13,17H,4-9,11-12,22H2,1H3,(H,23,29)(H,24,26,27). The first-order valence-electron chi connectivity index (χ1n) is 10.5. The molecule has 4 N–H and O–H groups in total. The second kappa shape index (κ2) is 11.0. The Morgan fingerprint density at radius 1 is 1.28 bits per heavy atom. The van der Waals surface area contributed by atoms with Crippen molar-refractivity contribution in [3.05, 3.63) is 34.9 Å². The van der Waals surface area contributed by atoms with Gasteiger partial charge in [0, 0.05) is 31.6 Å². The Hall–Kier alpha value is -3.02. The molecule has 2 atom stereocenters. The Balaban J connectivity index is 1.47. The van der Waals surface area contributed by atoms with Gasteiger partial charge in [0.25, 0.3) is 5.91 Å². The average molecular weight is 448 g/mol. The van der Waals surface area contributed by atoms with Gasteiger partial charge in [-0.2, -0.15) is 0 Å². The van der Waals surface area contributed by atoms with E-state index in [4.69, 9.17) is 19.9 Å². The van der Waals surface area contributed by atoms with Gasteiger partial charge in [0.15, 0.2) is 0 Å². The van der Waals surface area contributed by atoms with Crippen molar-refractivity contribution in [2.45, 2.75) is 45.2 Å². The molecule has 3 rings (SSSR count). The first-order valence-corrected chi connectivity index (χ1v) is 10.5. The van der Waals surface area contributed by atoms with Crippen LogP contribution in [0.2, 0.25) is 0 Å². The number of nitrogens with zero attached hydrogens (tertiary/aromatic N) is 1. The molecule has 1 aromatic rings. The van der Waals surface area contributed by atoms with Crippen LogP contribution in [-0.2, 0) is 36.9 Å². The van der Waals surface area contributed by atoms with Gasteiger partial charge in [0.05, 0.1) is 19.8 Å². The van der Waals surface area contributed by atoms with Gasteiger partial charge in [-0.25, -0.2) is 4.79 Å². The SMILES string of the molecule is CC(OCCOCCN)OC(=O)NCc1ccc2c(c1)CN(C1CCC(=O)NC1=O)C2=O. The van der Waals surface area contributed by atoms with Crippen LogP contribution >= 0.6 is 0 Å². The van der Waals surface area contributed by atoms with E-state index in [9.17, 15) is 19.2 Å². The fraction of sp³-hybridized carbons (Fsp3) is 0.524. The van der Waals surface area contributed by atoms with Crippen molar-refractivity contribution in [3.8, 4) is 0 Å². The maximum atomic E-state index is 12.7. The van der Waals surface area contributed by atoms with Crippen LogP contribution in [0, 0.1) is 0 Å². The van der Waals surface area contributed by atoms with E-state index < -0.39 is 24.3 Å². The Bertz CT molecular complexity index is 876. The number of carbonyl (C=O) groups is 4. The Labute approximate surface area is 185 Å². The minimum absolute atomic E-state index is 0.199. The van der Waals surface area contributed by atoms with Gasteiger partial charge in [-0.3, -0.25) is 19.7 Å².